The zero-order valence-electron chi connectivity index (χ0n) is 12.4. The quantitative estimate of drug-likeness (QED) is 0.777. The molecule has 2 N–H and O–H groups in total. The molecular weight excluding hydrogens is 238 g/mol. The summed E-state index contributed by atoms with van der Waals surface area (Å²) in [5, 5.41) is 6.02. The summed E-state index contributed by atoms with van der Waals surface area (Å²) < 4.78 is 0. The fourth-order valence-corrected chi connectivity index (χ4v) is 1.98. The molecule has 0 aliphatic rings. The Labute approximate surface area is 116 Å². The molecule has 4 nitrogen and oxygen atoms in total. The van der Waals surface area contributed by atoms with E-state index in [0.717, 1.165) is 6.54 Å². The van der Waals surface area contributed by atoms with Crippen molar-refractivity contribution >= 4 is 5.91 Å². The minimum absolute atomic E-state index is 0.00832. The van der Waals surface area contributed by atoms with Gasteiger partial charge in [0.15, 0.2) is 0 Å². The van der Waals surface area contributed by atoms with Gasteiger partial charge in [-0.2, -0.15) is 0 Å². The lowest BCUT2D eigenvalue weighted by atomic mass is 10.1. The number of hydrogen-bond acceptors (Lipinski definition) is 3. The fraction of sp³-hybridized carbons (Fsp3) is 0.533. The molecule has 0 aliphatic carbocycles. The molecule has 0 radical (unpaired) electrons. The second-order valence-electron chi connectivity index (χ2n) is 5.18. The predicted molar refractivity (Wildman–Crippen MR) is 78.8 cm³/mol. The van der Waals surface area contributed by atoms with Gasteiger partial charge >= 0.3 is 0 Å². The number of nitrogens with zero attached hydrogens (tertiary/aromatic N) is 1. The number of carbonyl (C=O) groups excluding carboxylic acids is 1. The number of benzene rings is 1. The fourth-order valence-electron chi connectivity index (χ4n) is 1.98. The van der Waals surface area contributed by atoms with Crippen LogP contribution in [0.15, 0.2) is 24.3 Å². The monoisotopic (exact) mass is 263 g/mol. The van der Waals surface area contributed by atoms with Gasteiger partial charge in [0.1, 0.15) is 0 Å². The van der Waals surface area contributed by atoms with Crippen molar-refractivity contribution in [2.75, 3.05) is 27.7 Å². The molecule has 0 spiro atoms. The van der Waals surface area contributed by atoms with E-state index in [1.165, 1.54) is 11.1 Å². The predicted octanol–water partition coefficient (Wildman–Crippen LogP) is 1.22. The van der Waals surface area contributed by atoms with Crippen molar-refractivity contribution in [2.24, 2.45) is 5.92 Å². The SMILES string of the molecule is CNCC(C)C(=O)NCc1ccccc1CN(C)C. The summed E-state index contributed by atoms with van der Waals surface area (Å²) in [5.41, 5.74) is 2.44. The highest BCUT2D eigenvalue weighted by molar-refractivity contribution is 5.78. The van der Waals surface area contributed by atoms with Crippen molar-refractivity contribution in [2.45, 2.75) is 20.0 Å². The minimum atomic E-state index is -0.00832. The smallest absolute Gasteiger partial charge is 0.224 e. The molecule has 0 fully saturated rings. The number of hydrogen-bond donors (Lipinski definition) is 2. The maximum atomic E-state index is 11.9. The Balaban J connectivity index is 2.59. The van der Waals surface area contributed by atoms with Crippen LogP contribution in [0.5, 0.6) is 0 Å². The maximum Gasteiger partial charge on any atom is 0.224 e. The van der Waals surface area contributed by atoms with E-state index in [-0.39, 0.29) is 11.8 Å². The summed E-state index contributed by atoms with van der Waals surface area (Å²) in [4.78, 5) is 14.0. The largest absolute Gasteiger partial charge is 0.352 e. The van der Waals surface area contributed by atoms with Crippen molar-refractivity contribution in [1.82, 2.24) is 15.5 Å². The van der Waals surface area contributed by atoms with Gasteiger partial charge in [-0.05, 0) is 32.3 Å². The standard InChI is InChI=1S/C15H25N3O/c1-12(9-16-2)15(19)17-10-13-7-5-6-8-14(13)11-18(3)4/h5-8,12,16H,9-11H2,1-4H3,(H,17,19). The molecule has 106 valence electrons. The van der Waals surface area contributed by atoms with Crippen molar-refractivity contribution in [3.63, 3.8) is 0 Å². The van der Waals surface area contributed by atoms with Crippen molar-refractivity contribution in [3.8, 4) is 0 Å². The molecule has 0 bridgehead atoms. The van der Waals surface area contributed by atoms with Gasteiger partial charge in [-0.15, -0.1) is 0 Å². The molecule has 1 rings (SSSR count). The van der Waals surface area contributed by atoms with Gasteiger partial charge in [-0.3, -0.25) is 4.79 Å². The van der Waals surface area contributed by atoms with Crippen LogP contribution in [0, 0.1) is 5.92 Å². The number of rotatable bonds is 7. The molecule has 1 aromatic rings. The molecule has 0 aromatic heterocycles. The van der Waals surface area contributed by atoms with E-state index >= 15 is 0 Å². The highest BCUT2D eigenvalue weighted by Gasteiger charge is 2.12. The lowest BCUT2D eigenvalue weighted by molar-refractivity contribution is -0.124. The second-order valence-corrected chi connectivity index (χ2v) is 5.18. The van der Waals surface area contributed by atoms with Crippen LogP contribution in [0.2, 0.25) is 0 Å². The first-order valence-corrected chi connectivity index (χ1v) is 6.68. The first kappa shape index (κ1) is 15.7. The molecule has 4 heteroatoms. The van der Waals surface area contributed by atoms with Gasteiger partial charge in [0, 0.05) is 25.6 Å². The Morgan fingerprint density at radius 2 is 1.89 bits per heavy atom. The summed E-state index contributed by atoms with van der Waals surface area (Å²) in [6.45, 7) is 4.11. The topological polar surface area (TPSA) is 44.4 Å². The van der Waals surface area contributed by atoms with Crippen LogP contribution in [-0.4, -0.2) is 38.5 Å². The Morgan fingerprint density at radius 3 is 2.47 bits per heavy atom. The van der Waals surface area contributed by atoms with Crippen LogP contribution in [0.3, 0.4) is 0 Å². The highest BCUT2D eigenvalue weighted by atomic mass is 16.1. The molecule has 0 saturated heterocycles. The maximum absolute atomic E-state index is 11.9. The highest BCUT2D eigenvalue weighted by Crippen LogP contribution is 2.10. The molecule has 0 saturated carbocycles. The number of nitrogens with one attached hydrogen (secondary N) is 2. The zero-order valence-corrected chi connectivity index (χ0v) is 12.4. The van der Waals surface area contributed by atoms with Crippen molar-refractivity contribution in [3.05, 3.63) is 35.4 Å². The van der Waals surface area contributed by atoms with Gasteiger partial charge in [-0.25, -0.2) is 0 Å². The van der Waals surface area contributed by atoms with Gasteiger partial charge in [0.25, 0.3) is 0 Å². The summed E-state index contributed by atoms with van der Waals surface area (Å²) in [5.74, 6) is 0.0833. The minimum Gasteiger partial charge on any atom is -0.352 e. The molecule has 0 heterocycles. The van der Waals surface area contributed by atoms with Crippen LogP contribution in [0.1, 0.15) is 18.1 Å². The summed E-state index contributed by atoms with van der Waals surface area (Å²) in [6, 6.07) is 8.23. The van der Waals surface area contributed by atoms with Crippen LogP contribution in [0.4, 0.5) is 0 Å². The average Bonchev–Trinajstić information content (AvgIpc) is 2.37. The second kappa shape index (κ2) is 7.92. The molecule has 1 atom stereocenters. The molecule has 19 heavy (non-hydrogen) atoms. The molecule has 1 unspecified atom stereocenters. The first-order valence-electron chi connectivity index (χ1n) is 6.68. The Bertz CT molecular complexity index is 404. The third-order valence-corrected chi connectivity index (χ3v) is 3.02. The van der Waals surface area contributed by atoms with Gasteiger partial charge in [0.05, 0.1) is 0 Å². The summed E-state index contributed by atoms with van der Waals surface area (Å²) >= 11 is 0. The first-order chi connectivity index (χ1) is 9.04. The summed E-state index contributed by atoms with van der Waals surface area (Å²) in [7, 11) is 5.95. The van der Waals surface area contributed by atoms with Crippen LogP contribution >= 0.6 is 0 Å². The van der Waals surface area contributed by atoms with E-state index in [0.29, 0.717) is 13.1 Å². The lowest BCUT2D eigenvalue weighted by Crippen LogP contribution is -2.34. The Morgan fingerprint density at radius 1 is 1.26 bits per heavy atom. The van der Waals surface area contributed by atoms with E-state index in [9.17, 15) is 4.79 Å². The Kier molecular flexibility index (Phi) is 6.53. The van der Waals surface area contributed by atoms with Crippen LogP contribution < -0.4 is 10.6 Å². The van der Waals surface area contributed by atoms with Crippen molar-refractivity contribution in [1.29, 1.82) is 0 Å². The number of carbonyl (C=O) groups is 1. The average molecular weight is 263 g/mol. The van der Waals surface area contributed by atoms with Crippen LogP contribution in [-0.2, 0) is 17.9 Å². The third kappa shape index (κ3) is 5.41. The zero-order chi connectivity index (χ0) is 14.3. The van der Waals surface area contributed by atoms with Crippen molar-refractivity contribution < 1.29 is 4.79 Å². The van der Waals surface area contributed by atoms with Gasteiger partial charge in [0.2, 0.25) is 5.91 Å². The molecular formula is C15H25N3O. The third-order valence-electron chi connectivity index (χ3n) is 3.02. The Hall–Kier alpha value is -1.39. The molecule has 1 amide bonds. The van der Waals surface area contributed by atoms with E-state index in [1.807, 2.05) is 40.2 Å². The van der Waals surface area contributed by atoms with E-state index in [4.69, 9.17) is 0 Å². The van der Waals surface area contributed by atoms with E-state index < -0.39 is 0 Å². The van der Waals surface area contributed by atoms with Gasteiger partial charge in [-0.1, -0.05) is 31.2 Å². The lowest BCUT2D eigenvalue weighted by Gasteiger charge is -2.16. The van der Waals surface area contributed by atoms with E-state index in [1.54, 1.807) is 0 Å². The number of amides is 1. The normalized spacial score (nSPS) is 12.5. The molecule has 1 aromatic carbocycles. The molecule has 0 aliphatic heterocycles. The van der Waals surface area contributed by atoms with E-state index in [2.05, 4.69) is 27.7 Å². The van der Waals surface area contributed by atoms with Gasteiger partial charge < -0.3 is 15.5 Å². The summed E-state index contributed by atoms with van der Waals surface area (Å²) in [6.07, 6.45) is 0. The van der Waals surface area contributed by atoms with Crippen LogP contribution in [0.25, 0.3) is 0 Å².